The SMILES string of the molecule is Cc1cccc(C)c1C1CC2NC(N1)NS(=O)(=O)C1CCCC(C1)CN(Cc1cncc(N(C)C3CCC3)n1)[C@@H]1CN(C3CC4(CCCC4)C3)C[C@H]1O2. The number of nitrogens with one attached hydrogen (secondary N) is 3. The van der Waals surface area contributed by atoms with Gasteiger partial charge < -0.3 is 9.64 Å². The summed E-state index contributed by atoms with van der Waals surface area (Å²) >= 11 is 0. The van der Waals surface area contributed by atoms with E-state index in [4.69, 9.17) is 14.7 Å². The highest BCUT2D eigenvalue weighted by Crippen LogP contribution is 2.55. The normalized spacial score (nSPS) is 35.0. The van der Waals surface area contributed by atoms with E-state index < -0.39 is 21.6 Å². The molecule has 1 spiro atoms. The molecule has 7 atom stereocenters. The van der Waals surface area contributed by atoms with E-state index in [2.05, 4.69) is 69.1 Å². The molecule has 7 aliphatic rings. The summed E-state index contributed by atoms with van der Waals surface area (Å²) in [6, 6.07) is 7.70. The van der Waals surface area contributed by atoms with Crippen LogP contribution < -0.4 is 20.3 Å². The lowest BCUT2D eigenvalue weighted by molar-refractivity contribution is -0.0846. The highest BCUT2D eigenvalue weighted by molar-refractivity contribution is 7.90. The van der Waals surface area contributed by atoms with E-state index in [-0.39, 0.29) is 30.3 Å². The number of anilines is 1. The molecule has 4 aliphatic carbocycles. The zero-order chi connectivity index (χ0) is 36.3. The molecule has 12 heteroatoms. The Morgan fingerprint density at radius 3 is 2.47 bits per heavy atom. The number of rotatable bonds is 6. The van der Waals surface area contributed by atoms with Gasteiger partial charge >= 0.3 is 0 Å². The summed E-state index contributed by atoms with van der Waals surface area (Å²) in [7, 11) is -1.44. The van der Waals surface area contributed by atoms with Crippen LogP contribution in [-0.4, -0.2) is 96.9 Å². The van der Waals surface area contributed by atoms with Gasteiger partial charge in [-0.25, -0.2) is 13.4 Å². The number of aryl methyl sites for hydroxylation is 2. The second-order valence-electron chi connectivity index (χ2n) is 18.1. The monoisotopic (exact) mass is 746 g/mol. The zero-order valence-electron chi connectivity index (χ0n) is 32.2. The standard InChI is InChI=1S/C41H62N8O3S/c1-27-9-6-10-28(2)39(27)34-18-38-45-40(44-34)46-53(50,51)33-14-7-11-29(17-33)23-49(24-30-21-42-22-37(43-30)47(3)31-12-8-13-31)35-25-48(26-36(35)52-38)32-19-41(20-32)15-4-5-16-41/h6,9-10,21-22,29,31-36,38,40,44-46H,4-5,7-8,11-20,23-26H2,1-3H3/t29?,33?,34?,35-,36-,38?,40?/m1/s1. The van der Waals surface area contributed by atoms with Gasteiger partial charge in [0, 0.05) is 64.0 Å². The van der Waals surface area contributed by atoms with E-state index in [1.807, 2.05) is 12.4 Å². The van der Waals surface area contributed by atoms with Gasteiger partial charge in [0.15, 0.2) is 0 Å². The molecule has 4 bridgehead atoms. The summed E-state index contributed by atoms with van der Waals surface area (Å²) in [4.78, 5) is 17.6. The van der Waals surface area contributed by atoms with E-state index >= 15 is 0 Å². The average Bonchev–Trinajstić information content (AvgIpc) is 3.74. The first kappa shape index (κ1) is 36.4. The van der Waals surface area contributed by atoms with Crippen molar-refractivity contribution in [2.24, 2.45) is 11.3 Å². The van der Waals surface area contributed by atoms with E-state index in [0.29, 0.717) is 43.3 Å². The van der Waals surface area contributed by atoms with Crippen molar-refractivity contribution >= 4 is 15.8 Å². The Morgan fingerprint density at radius 2 is 1.72 bits per heavy atom. The van der Waals surface area contributed by atoms with Crippen LogP contribution in [0.25, 0.3) is 0 Å². The third kappa shape index (κ3) is 7.43. The van der Waals surface area contributed by atoms with Gasteiger partial charge in [0.1, 0.15) is 18.3 Å². The first-order valence-electron chi connectivity index (χ1n) is 20.9. The van der Waals surface area contributed by atoms with E-state index in [9.17, 15) is 8.42 Å². The Hall–Kier alpha value is -2.19. The molecule has 0 radical (unpaired) electrons. The van der Waals surface area contributed by atoms with Crippen molar-refractivity contribution in [3.8, 4) is 0 Å². The summed E-state index contributed by atoms with van der Waals surface area (Å²) in [5.41, 5.74) is 5.23. The largest absolute Gasteiger partial charge is 0.357 e. The molecule has 290 valence electrons. The summed E-state index contributed by atoms with van der Waals surface area (Å²) in [5, 5.41) is 6.85. The highest BCUT2D eigenvalue weighted by Gasteiger charge is 2.52. The van der Waals surface area contributed by atoms with Gasteiger partial charge in [-0.15, -0.1) is 0 Å². The number of hydrogen-bond donors (Lipinski definition) is 3. The van der Waals surface area contributed by atoms with Gasteiger partial charge in [-0.05, 0) is 106 Å². The minimum absolute atomic E-state index is 0.0180. The molecule has 4 heterocycles. The predicted molar refractivity (Wildman–Crippen MR) is 208 cm³/mol. The Bertz CT molecular complexity index is 1700. The molecule has 0 amide bonds. The molecular weight excluding hydrogens is 685 g/mol. The topological polar surface area (TPSA) is 115 Å². The second-order valence-corrected chi connectivity index (χ2v) is 20.1. The molecule has 53 heavy (non-hydrogen) atoms. The van der Waals surface area contributed by atoms with Crippen molar-refractivity contribution in [2.75, 3.05) is 31.6 Å². The number of nitrogens with zero attached hydrogens (tertiary/aromatic N) is 5. The van der Waals surface area contributed by atoms with Crippen LogP contribution >= 0.6 is 0 Å². The van der Waals surface area contributed by atoms with Crippen LogP contribution in [0.4, 0.5) is 5.82 Å². The number of ether oxygens (including phenoxy) is 1. The molecule has 11 nitrogen and oxygen atoms in total. The zero-order valence-corrected chi connectivity index (χ0v) is 33.0. The molecule has 2 aromatic rings. The van der Waals surface area contributed by atoms with Crippen LogP contribution in [-0.2, 0) is 21.3 Å². The summed E-state index contributed by atoms with van der Waals surface area (Å²) < 4.78 is 38.7. The van der Waals surface area contributed by atoms with Crippen molar-refractivity contribution < 1.29 is 13.2 Å². The van der Waals surface area contributed by atoms with Gasteiger partial charge in [0.25, 0.3) is 0 Å². The first-order valence-corrected chi connectivity index (χ1v) is 22.4. The lowest BCUT2D eigenvalue weighted by atomic mass is 9.64. The molecule has 3 saturated heterocycles. The summed E-state index contributed by atoms with van der Waals surface area (Å²) in [6.07, 6.45) is 18.9. The lowest BCUT2D eigenvalue weighted by Gasteiger charge is -2.49. The van der Waals surface area contributed by atoms with Crippen molar-refractivity contribution in [2.45, 2.75) is 158 Å². The van der Waals surface area contributed by atoms with Crippen molar-refractivity contribution in [1.82, 2.24) is 35.1 Å². The smallest absolute Gasteiger partial charge is 0.216 e. The third-order valence-electron chi connectivity index (χ3n) is 14.6. The second kappa shape index (κ2) is 14.7. The Morgan fingerprint density at radius 1 is 0.943 bits per heavy atom. The van der Waals surface area contributed by atoms with Gasteiger partial charge in [0.05, 0.1) is 29.3 Å². The quantitative estimate of drug-likeness (QED) is 0.369. The van der Waals surface area contributed by atoms with E-state index in [1.165, 1.54) is 74.5 Å². The lowest BCUT2D eigenvalue weighted by Crippen LogP contribution is -2.64. The molecule has 7 fully saturated rings. The number of sulfonamides is 1. The third-order valence-corrected chi connectivity index (χ3v) is 16.5. The molecular formula is C41H62N8O3S. The minimum atomic E-state index is -3.60. The Labute approximate surface area is 317 Å². The van der Waals surface area contributed by atoms with Crippen LogP contribution in [0, 0.1) is 25.2 Å². The number of hydrogen-bond acceptors (Lipinski definition) is 10. The fourth-order valence-electron chi connectivity index (χ4n) is 11.4. The number of likely N-dealkylation sites (tertiary alicyclic amines) is 1. The maximum atomic E-state index is 14.1. The minimum Gasteiger partial charge on any atom is -0.357 e. The maximum Gasteiger partial charge on any atom is 0.216 e. The number of fused-ring (bicyclic) bond motifs is 5. The van der Waals surface area contributed by atoms with Crippen molar-refractivity contribution in [1.29, 1.82) is 0 Å². The van der Waals surface area contributed by atoms with Gasteiger partial charge in [0.2, 0.25) is 10.0 Å². The molecule has 9 rings (SSSR count). The van der Waals surface area contributed by atoms with Gasteiger partial charge in [-0.2, -0.15) is 4.72 Å². The van der Waals surface area contributed by atoms with Crippen LogP contribution in [0.3, 0.4) is 0 Å². The van der Waals surface area contributed by atoms with Crippen LogP contribution in [0.5, 0.6) is 0 Å². The maximum absolute atomic E-state index is 14.1. The Balaban J connectivity index is 1.05. The fraction of sp³-hybridized carbons (Fsp3) is 0.756. The molecule has 3 aliphatic heterocycles. The average molecular weight is 747 g/mol. The fourth-order valence-corrected chi connectivity index (χ4v) is 13.1. The molecule has 1 aromatic carbocycles. The van der Waals surface area contributed by atoms with Gasteiger partial charge in [-0.3, -0.25) is 25.4 Å². The van der Waals surface area contributed by atoms with Crippen LogP contribution in [0.15, 0.2) is 30.6 Å². The summed E-state index contributed by atoms with van der Waals surface area (Å²) in [5.74, 6) is 1.23. The van der Waals surface area contributed by atoms with Crippen LogP contribution in [0.1, 0.15) is 118 Å². The first-order chi connectivity index (χ1) is 25.6. The summed E-state index contributed by atoms with van der Waals surface area (Å²) in [6.45, 7) is 7.72. The van der Waals surface area contributed by atoms with Gasteiger partial charge in [-0.1, -0.05) is 37.5 Å². The number of benzene rings is 1. The van der Waals surface area contributed by atoms with Crippen molar-refractivity contribution in [3.05, 3.63) is 53.0 Å². The molecule has 1 aromatic heterocycles. The highest BCUT2D eigenvalue weighted by atomic mass is 32.2. The molecule has 4 saturated carbocycles. The predicted octanol–water partition coefficient (Wildman–Crippen LogP) is 5.10. The number of aromatic nitrogens is 2. The van der Waals surface area contributed by atoms with Crippen LogP contribution in [0.2, 0.25) is 0 Å². The molecule has 3 N–H and O–H groups in total. The van der Waals surface area contributed by atoms with E-state index in [1.54, 1.807) is 0 Å². The van der Waals surface area contributed by atoms with E-state index in [0.717, 1.165) is 44.0 Å². The Kier molecular flexibility index (Phi) is 10.1. The van der Waals surface area contributed by atoms with Crippen molar-refractivity contribution in [3.63, 3.8) is 0 Å². The molecule has 5 unspecified atom stereocenters.